The first-order chi connectivity index (χ1) is 28.7. The van der Waals surface area contributed by atoms with E-state index in [1.165, 1.54) is 88.2 Å². The summed E-state index contributed by atoms with van der Waals surface area (Å²) in [5.74, 6) is 0. The molecule has 3 nitrogen and oxygen atoms in total. The standard InChI is InChI=1S/C55H39N3/c1-37-15-11-12-22-45(37)47-33-38(25-29-51(47)56-42-16-5-2-6-17-42)40-27-31-54-49(35-40)50-36-41(28-32-55(50)58(54)44-20-9-4-10-21-44)39-26-30-53-48(34-39)46-23-13-14-24-52(46)57(53)43-18-7-3-8-19-43/h2-36,56H,1H3. The smallest absolute Gasteiger partial charge is 0.0541 e. The average Bonchev–Trinajstić information content (AvgIpc) is 3.79. The van der Waals surface area contributed by atoms with Crippen molar-refractivity contribution in [3.8, 4) is 44.8 Å². The van der Waals surface area contributed by atoms with Crippen LogP contribution in [-0.4, -0.2) is 9.13 Å². The van der Waals surface area contributed by atoms with Gasteiger partial charge in [-0.3, -0.25) is 0 Å². The molecule has 2 heterocycles. The molecule has 0 aliphatic heterocycles. The van der Waals surface area contributed by atoms with E-state index in [0.29, 0.717) is 0 Å². The van der Waals surface area contributed by atoms with Crippen molar-refractivity contribution in [1.29, 1.82) is 0 Å². The molecular formula is C55H39N3. The predicted molar refractivity (Wildman–Crippen MR) is 246 cm³/mol. The monoisotopic (exact) mass is 741 g/mol. The first-order valence-corrected chi connectivity index (χ1v) is 19.9. The number of hydrogen-bond donors (Lipinski definition) is 1. The zero-order valence-electron chi connectivity index (χ0n) is 32.1. The molecule has 9 aromatic carbocycles. The van der Waals surface area contributed by atoms with Crippen molar-refractivity contribution >= 4 is 55.0 Å². The normalized spacial score (nSPS) is 11.5. The second-order valence-electron chi connectivity index (χ2n) is 15.1. The highest BCUT2D eigenvalue weighted by Crippen LogP contribution is 2.41. The number of anilines is 2. The fourth-order valence-electron chi connectivity index (χ4n) is 8.85. The number of aromatic nitrogens is 2. The minimum absolute atomic E-state index is 1.07. The molecule has 0 amide bonds. The molecule has 2 aromatic heterocycles. The van der Waals surface area contributed by atoms with E-state index in [4.69, 9.17) is 0 Å². The molecule has 0 saturated carbocycles. The molecule has 0 saturated heterocycles. The van der Waals surface area contributed by atoms with Crippen molar-refractivity contribution in [2.24, 2.45) is 0 Å². The lowest BCUT2D eigenvalue weighted by Crippen LogP contribution is -1.95. The third-order valence-corrected chi connectivity index (χ3v) is 11.6. The molecule has 11 rings (SSSR count). The number of nitrogens with zero attached hydrogens (tertiary/aromatic N) is 2. The molecule has 58 heavy (non-hydrogen) atoms. The first kappa shape index (κ1) is 33.7. The fraction of sp³-hybridized carbons (Fsp3) is 0.0182. The van der Waals surface area contributed by atoms with Crippen molar-refractivity contribution in [3.05, 3.63) is 218 Å². The van der Waals surface area contributed by atoms with E-state index >= 15 is 0 Å². The Balaban J connectivity index is 1.09. The summed E-state index contributed by atoms with van der Waals surface area (Å²) in [5, 5.41) is 8.66. The summed E-state index contributed by atoms with van der Waals surface area (Å²) < 4.78 is 4.78. The maximum absolute atomic E-state index is 3.70. The number of hydrogen-bond acceptors (Lipinski definition) is 1. The van der Waals surface area contributed by atoms with E-state index < -0.39 is 0 Å². The lowest BCUT2D eigenvalue weighted by Gasteiger charge is -2.16. The van der Waals surface area contributed by atoms with Crippen molar-refractivity contribution in [1.82, 2.24) is 9.13 Å². The quantitative estimate of drug-likeness (QED) is 0.173. The van der Waals surface area contributed by atoms with E-state index in [2.05, 4.69) is 234 Å². The molecule has 1 N–H and O–H groups in total. The minimum Gasteiger partial charge on any atom is -0.355 e. The van der Waals surface area contributed by atoms with Crippen LogP contribution in [0.15, 0.2) is 212 Å². The third kappa shape index (κ3) is 5.67. The Labute approximate surface area is 337 Å². The van der Waals surface area contributed by atoms with Gasteiger partial charge in [-0.05, 0) is 131 Å². The molecule has 0 aliphatic rings. The number of aryl methyl sites for hydroxylation is 1. The second kappa shape index (κ2) is 13.8. The zero-order valence-corrected chi connectivity index (χ0v) is 32.1. The average molecular weight is 742 g/mol. The zero-order chi connectivity index (χ0) is 38.6. The summed E-state index contributed by atoms with van der Waals surface area (Å²) in [6, 6.07) is 76.9. The summed E-state index contributed by atoms with van der Waals surface area (Å²) in [5.41, 5.74) is 17.7. The van der Waals surface area contributed by atoms with Crippen LogP contribution >= 0.6 is 0 Å². The van der Waals surface area contributed by atoms with Gasteiger partial charge in [-0.2, -0.15) is 0 Å². The van der Waals surface area contributed by atoms with Gasteiger partial charge in [0.25, 0.3) is 0 Å². The maximum atomic E-state index is 3.70. The van der Waals surface area contributed by atoms with E-state index in [1.807, 2.05) is 0 Å². The van der Waals surface area contributed by atoms with Gasteiger partial charge in [0, 0.05) is 49.9 Å². The van der Waals surface area contributed by atoms with E-state index in [0.717, 1.165) is 17.1 Å². The number of benzene rings is 9. The van der Waals surface area contributed by atoms with Crippen LogP contribution in [0, 0.1) is 6.92 Å². The van der Waals surface area contributed by atoms with Crippen LogP contribution in [0.2, 0.25) is 0 Å². The van der Waals surface area contributed by atoms with Crippen LogP contribution in [-0.2, 0) is 0 Å². The van der Waals surface area contributed by atoms with Gasteiger partial charge in [0.05, 0.1) is 22.1 Å². The Bertz CT molecular complexity index is 3300. The van der Waals surface area contributed by atoms with Crippen LogP contribution in [0.4, 0.5) is 11.4 Å². The molecule has 11 aromatic rings. The van der Waals surface area contributed by atoms with Crippen molar-refractivity contribution in [2.75, 3.05) is 5.32 Å². The molecule has 0 fully saturated rings. The van der Waals surface area contributed by atoms with Gasteiger partial charge in [0.2, 0.25) is 0 Å². The summed E-state index contributed by atoms with van der Waals surface area (Å²) in [6.45, 7) is 2.19. The summed E-state index contributed by atoms with van der Waals surface area (Å²) in [4.78, 5) is 0. The van der Waals surface area contributed by atoms with Crippen LogP contribution < -0.4 is 5.32 Å². The Morgan fingerprint density at radius 2 is 0.759 bits per heavy atom. The Morgan fingerprint density at radius 1 is 0.328 bits per heavy atom. The van der Waals surface area contributed by atoms with Gasteiger partial charge in [0.15, 0.2) is 0 Å². The Morgan fingerprint density at radius 3 is 1.33 bits per heavy atom. The lowest BCUT2D eigenvalue weighted by molar-refractivity contribution is 1.18. The van der Waals surface area contributed by atoms with Gasteiger partial charge in [0.1, 0.15) is 0 Å². The van der Waals surface area contributed by atoms with Crippen molar-refractivity contribution in [3.63, 3.8) is 0 Å². The molecule has 0 bridgehead atoms. The SMILES string of the molecule is Cc1ccccc1-c1cc(-c2ccc3c(c2)c2cc(-c4ccc5c(c4)c4ccccc4n5-c4ccccc4)ccc2n3-c2ccccc2)ccc1Nc1ccccc1. The molecule has 274 valence electrons. The second-order valence-corrected chi connectivity index (χ2v) is 15.1. The topological polar surface area (TPSA) is 21.9 Å². The van der Waals surface area contributed by atoms with Gasteiger partial charge in [-0.25, -0.2) is 0 Å². The van der Waals surface area contributed by atoms with Gasteiger partial charge in [-0.1, -0.05) is 121 Å². The van der Waals surface area contributed by atoms with Gasteiger partial charge < -0.3 is 14.5 Å². The lowest BCUT2D eigenvalue weighted by atomic mass is 9.94. The Hall–Kier alpha value is -7.62. The molecule has 0 unspecified atom stereocenters. The molecular weight excluding hydrogens is 703 g/mol. The van der Waals surface area contributed by atoms with Crippen molar-refractivity contribution < 1.29 is 0 Å². The van der Waals surface area contributed by atoms with Gasteiger partial charge in [-0.15, -0.1) is 0 Å². The molecule has 0 spiro atoms. The highest BCUT2D eigenvalue weighted by atomic mass is 15.0. The van der Waals surface area contributed by atoms with E-state index in [9.17, 15) is 0 Å². The highest BCUT2D eigenvalue weighted by Gasteiger charge is 2.18. The molecule has 0 radical (unpaired) electrons. The van der Waals surface area contributed by atoms with Crippen molar-refractivity contribution in [2.45, 2.75) is 6.92 Å². The minimum atomic E-state index is 1.07. The van der Waals surface area contributed by atoms with Crippen LogP contribution in [0.1, 0.15) is 5.56 Å². The van der Waals surface area contributed by atoms with Crippen LogP contribution in [0.3, 0.4) is 0 Å². The summed E-state index contributed by atoms with van der Waals surface area (Å²) in [7, 11) is 0. The number of rotatable bonds is 7. The predicted octanol–water partition coefficient (Wildman–Crippen LogP) is 14.9. The van der Waals surface area contributed by atoms with Crippen LogP contribution in [0.5, 0.6) is 0 Å². The largest absolute Gasteiger partial charge is 0.355 e. The Kier molecular flexibility index (Phi) is 8.04. The van der Waals surface area contributed by atoms with E-state index in [1.54, 1.807) is 0 Å². The molecule has 0 atom stereocenters. The first-order valence-electron chi connectivity index (χ1n) is 19.9. The summed E-state index contributed by atoms with van der Waals surface area (Å²) >= 11 is 0. The fourth-order valence-corrected chi connectivity index (χ4v) is 8.85. The highest BCUT2D eigenvalue weighted by molar-refractivity contribution is 6.13. The molecule has 3 heteroatoms. The van der Waals surface area contributed by atoms with Crippen LogP contribution in [0.25, 0.3) is 88.4 Å². The number of fused-ring (bicyclic) bond motifs is 6. The summed E-state index contributed by atoms with van der Waals surface area (Å²) in [6.07, 6.45) is 0. The molecule has 0 aliphatic carbocycles. The van der Waals surface area contributed by atoms with Gasteiger partial charge >= 0.3 is 0 Å². The number of nitrogens with one attached hydrogen (secondary N) is 1. The van der Waals surface area contributed by atoms with E-state index in [-0.39, 0.29) is 0 Å². The third-order valence-electron chi connectivity index (χ3n) is 11.6. The maximum Gasteiger partial charge on any atom is 0.0541 e. The number of para-hydroxylation sites is 4.